The van der Waals surface area contributed by atoms with Crippen molar-refractivity contribution < 1.29 is 23.9 Å². The van der Waals surface area contributed by atoms with Gasteiger partial charge in [0.1, 0.15) is 18.3 Å². The highest BCUT2D eigenvalue weighted by Gasteiger charge is 2.30. The third kappa shape index (κ3) is 6.92. The molecular weight excluding hydrogens is 346 g/mol. The number of likely N-dealkylation sites (tertiary alicyclic amines) is 1. The molecule has 12 heteroatoms. The van der Waals surface area contributed by atoms with Crippen molar-refractivity contribution in [2.24, 2.45) is 11.6 Å². The second kappa shape index (κ2) is 10.7. The van der Waals surface area contributed by atoms with Crippen LogP contribution in [0.25, 0.3) is 0 Å². The van der Waals surface area contributed by atoms with Crippen LogP contribution in [0.3, 0.4) is 0 Å². The van der Waals surface area contributed by atoms with Gasteiger partial charge in [-0.15, -0.1) is 5.10 Å². The summed E-state index contributed by atoms with van der Waals surface area (Å²) in [5.74, 6) is 4.55. The van der Waals surface area contributed by atoms with Gasteiger partial charge in [0.15, 0.2) is 0 Å². The van der Waals surface area contributed by atoms with Crippen LogP contribution >= 0.6 is 0 Å². The molecule has 0 aromatic carbocycles. The highest BCUT2D eigenvalue weighted by Crippen LogP contribution is 2.09. The Balaban J connectivity index is 1.40. The van der Waals surface area contributed by atoms with Crippen molar-refractivity contribution in [2.75, 3.05) is 39.5 Å². The van der Waals surface area contributed by atoms with Gasteiger partial charge in [0.05, 0.1) is 39.1 Å². The van der Waals surface area contributed by atoms with E-state index in [4.69, 9.17) is 21.1 Å². The molecule has 146 valence electrons. The number of nitrogens with one attached hydrogen (secondary N) is 1. The zero-order valence-corrected chi connectivity index (χ0v) is 14.5. The van der Waals surface area contributed by atoms with E-state index in [0.717, 1.165) is 0 Å². The van der Waals surface area contributed by atoms with Crippen LogP contribution in [0.2, 0.25) is 0 Å². The number of urea groups is 1. The molecule has 12 nitrogen and oxygen atoms in total. The Hall–Kier alpha value is -2.28. The number of hydrogen-bond acceptors (Lipinski definition) is 8. The first-order chi connectivity index (χ1) is 12.6. The lowest BCUT2D eigenvalue weighted by Crippen LogP contribution is -2.58. The Morgan fingerprint density at radius 3 is 2.77 bits per heavy atom. The zero-order valence-electron chi connectivity index (χ0n) is 14.5. The average molecular weight is 371 g/mol. The molecule has 1 aromatic rings. The van der Waals surface area contributed by atoms with E-state index in [1.165, 1.54) is 4.68 Å². The molecule has 0 saturated carbocycles. The summed E-state index contributed by atoms with van der Waals surface area (Å²) in [6.07, 6.45) is 2.25. The first-order valence-corrected chi connectivity index (χ1v) is 8.29. The fourth-order valence-electron chi connectivity index (χ4n) is 2.21. The van der Waals surface area contributed by atoms with Gasteiger partial charge in [-0.1, -0.05) is 5.21 Å². The maximum absolute atomic E-state index is 11.7. The Bertz CT molecular complexity index is 576. The van der Waals surface area contributed by atoms with Gasteiger partial charge in [0.25, 0.3) is 0 Å². The number of rotatable bonds is 12. The lowest BCUT2D eigenvalue weighted by atomic mass is 10.2. The lowest BCUT2D eigenvalue weighted by molar-refractivity contribution is -0.118. The summed E-state index contributed by atoms with van der Waals surface area (Å²) in [4.78, 5) is 28.7. The van der Waals surface area contributed by atoms with Crippen molar-refractivity contribution in [1.82, 2.24) is 25.2 Å². The summed E-state index contributed by atoms with van der Waals surface area (Å²) in [6, 6.07) is -0.119. The molecule has 1 aliphatic rings. The molecule has 0 bridgehead atoms. The van der Waals surface area contributed by atoms with Crippen LogP contribution < -0.4 is 16.9 Å². The number of carbonyl (C=O) groups excluding carboxylic acids is 2. The van der Waals surface area contributed by atoms with E-state index in [0.29, 0.717) is 51.6 Å². The fraction of sp³-hybridized carbons (Fsp3) is 0.714. The van der Waals surface area contributed by atoms with E-state index in [2.05, 4.69) is 20.5 Å². The number of ether oxygens (including phenoxy) is 2. The molecule has 2 heterocycles. The number of carbonyl (C=O) groups is 2. The van der Waals surface area contributed by atoms with E-state index in [-0.39, 0.29) is 25.3 Å². The Morgan fingerprint density at radius 2 is 2.04 bits per heavy atom. The van der Waals surface area contributed by atoms with Crippen molar-refractivity contribution in [1.29, 1.82) is 0 Å². The predicted octanol–water partition coefficient (Wildman–Crippen LogP) is -2.03. The van der Waals surface area contributed by atoms with Gasteiger partial charge >= 0.3 is 6.03 Å². The number of aromatic nitrogens is 3. The van der Waals surface area contributed by atoms with Gasteiger partial charge in [-0.25, -0.2) is 15.4 Å². The summed E-state index contributed by atoms with van der Waals surface area (Å²) >= 11 is 0. The maximum atomic E-state index is 11.7. The summed E-state index contributed by atoms with van der Waals surface area (Å²) in [5.41, 5.74) is 5.68. The minimum Gasteiger partial charge on any atom is -0.379 e. The van der Waals surface area contributed by atoms with Gasteiger partial charge in [-0.3, -0.25) is 9.63 Å². The predicted molar refractivity (Wildman–Crippen MR) is 88.3 cm³/mol. The van der Waals surface area contributed by atoms with Gasteiger partial charge in [-0.2, -0.15) is 0 Å². The third-order valence-electron chi connectivity index (χ3n) is 3.60. The molecule has 5 N–H and O–H groups in total. The smallest absolute Gasteiger partial charge is 0.317 e. The van der Waals surface area contributed by atoms with Crippen LogP contribution in [-0.4, -0.2) is 77.4 Å². The first-order valence-electron chi connectivity index (χ1n) is 8.29. The molecule has 1 aromatic heterocycles. The van der Waals surface area contributed by atoms with Crippen molar-refractivity contribution in [3.8, 4) is 0 Å². The van der Waals surface area contributed by atoms with Gasteiger partial charge in [0, 0.05) is 13.2 Å². The van der Waals surface area contributed by atoms with E-state index in [1.54, 1.807) is 11.1 Å². The van der Waals surface area contributed by atoms with Crippen molar-refractivity contribution in [3.63, 3.8) is 0 Å². The maximum Gasteiger partial charge on any atom is 0.317 e. The summed E-state index contributed by atoms with van der Waals surface area (Å²) in [6.45, 7) is 3.21. The second-order valence-electron chi connectivity index (χ2n) is 5.79. The standard InChI is InChI=1S/C14H25N7O5/c15-13(22)9-21-6-11(18-19-21)10-25-5-4-24-3-1-2-17-14(23)20-7-12(8-20)26-16/h6,12H,1-5,7-10,16H2,(H2,15,22)(H,17,23). The molecule has 0 atom stereocenters. The molecule has 0 radical (unpaired) electrons. The largest absolute Gasteiger partial charge is 0.379 e. The topological polar surface area (TPSA) is 160 Å². The van der Waals surface area contributed by atoms with Crippen LogP contribution in [0.1, 0.15) is 12.1 Å². The highest BCUT2D eigenvalue weighted by molar-refractivity contribution is 5.75. The van der Waals surface area contributed by atoms with Crippen LogP contribution in [0, 0.1) is 0 Å². The molecule has 0 unspecified atom stereocenters. The summed E-state index contributed by atoms with van der Waals surface area (Å²) in [7, 11) is 0. The Morgan fingerprint density at radius 1 is 1.27 bits per heavy atom. The van der Waals surface area contributed by atoms with Crippen LogP contribution in [0.15, 0.2) is 6.20 Å². The number of hydrogen-bond donors (Lipinski definition) is 3. The van der Waals surface area contributed by atoms with Crippen molar-refractivity contribution in [2.45, 2.75) is 25.7 Å². The first kappa shape index (κ1) is 20.0. The SMILES string of the molecule is NOC1CN(C(=O)NCCCOCCOCc2cn(CC(N)=O)nn2)C1. The third-order valence-corrected chi connectivity index (χ3v) is 3.60. The number of nitrogens with two attached hydrogens (primary N) is 2. The molecule has 2 rings (SSSR count). The Kier molecular flexibility index (Phi) is 8.21. The van der Waals surface area contributed by atoms with Gasteiger partial charge in [-0.05, 0) is 6.42 Å². The quantitative estimate of drug-likeness (QED) is 0.280. The van der Waals surface area contributed by atoms with Crippen LogP contribution in [0.5, 0.6) is 0 Å². The average Bonchev–Trinajstić information content (AvgIpc) is 2.98. The molecule has 0 spiro atoms. The molecule has 1 aliphatic heterocycles. The van der Waals surface area contributed by atoms with Crippen molar-refractivity contribution >= 4 is 11.9 Å². The van der Waals surface area contributed by atoms with Gasteiger partial charge < -0.3 is 25.4 Å². The van der Waals surface area contributed by atoms with Crippen molar-refractivity contribution in [3.05, 3.63) is 11.9 Å². The highest BCUT2D eigenvalue weighted by atomic mass is 16.6. The minimum absolute atomic E-state index is 0.00815. The summed E-state index contributed by atoms with van der Waals surface area (Å²) in [5, 5.41) is 10.4. The van der Waals surface area contributed by atoms with Gasteiger partial charge in [0.2, 0.25) is 5.91 Å². The minimum atomic E-state index is -0.481. The molecule has 3 amide bonds. The lowest BCUT2D eigenvalue weighted by Gasteiger charge is -2.37. The van der Waals surface area contributed by atoms with E-state index < -0.39 is 5.91 Å². The molecule has 1 fully saturated rings. The van der Waals surface area contributed by atoms with E-state index >= 15 is 0 Å². The second-order valence-corrected chi connectivity index (χ2v) is 5.79. The van der Waals surface area contributed by atoms with E-state index in [1.807, 2.05) is 0 Å². The zero-order chi connectivity index (χ0) is 18.8. The molecule has 1 saturated heterocycles. The number of primary amides is 1. The normalized spacial score (nSPS) is 14.3. The Labute approximate surface area is 150 Å². The van der Waals surface area contributed by atoms with Crippen LogP contribution in [0.4, 0.5) is 4.79 Å². The molecule has 0 aliphatic carbocycles. The number of nitrogens with zero attached hydrogens (tertiary/aromatic N) is 4. The number of amides is 3. The monoisotopic (exact) mass is 371 g/mol. The van der Waals surface area contributed by atoms with E-state index in [9.17, 15) is 9.59 Å². The summed E-state index contributed by atoms with van der Waals surface area (Å²) < 4.78 is 12.2. The molecule has 26 heavy (non-hydrogen) atoms. The van der Waals surface area contributed by atoms with Crippen LogP contribution in [-0.2, 0) is 32.3 Å². The fourth-order valence-corrected chi connectivity index (χ4v) is 2.21. The molecular formula is C14H25N7O5.